The number of aromatic nitrogens is 2. The highest BCUT2D eigenvalue weighted by Crippen LogP contribution is 2.19. The fraction of sp³-hybridized carbons (Fsp3) is 0.500. The molecular formula is C10H11ClF3N3O. The van der Waals surface area contributed by atoms with E-state index in [1.807, 2.05) is 0 Å². The van der Waals surface area contributed by atoms with Crippen LogP contribution in [0.15, 0.2) is 12.1 Å². The van der Waals surface area contributed by atoms with E-state index in [1.54, 1.807) is 0 Å². The number of amides is 1. The Hall–Kier alpha value is -1.37. The summed E-state index contributed by atoms with van der Waals surface area (Å²) in [6.07, 6.45) is -4.46. The maximum absolute atomic E-state index is 12.4. The Balaban J connectivity index is 2.93. The number of carbonyl (C=O) groups is 1. The SMILES string of the molecule is CC(C)N(CC(F)(F)F)C(=O)c1ccc(Cl)nn1. The third-order valence-electron chi connectivity index (χ3n) is 2.08. The van der Waals surface area contributed by atoms with Gasteiger partial charge in [-0.2, -0.15) is 13.2 Å². The number of halogens is 4. The molecule has 0 N–H and O–H groups in total. The molecule has 1 heterocycles. The second kappa shape index (κ2) is 5.51. The van der Waals surface area contributed by atoms with Gasteiger partial charge in [-0.1, -0.05) is 11.6 Å². The Morgan fingerprint density at radius 2 is 2.00 bits per heavy atom. The lowest BCUT2D eigenvalue weighted by Gasteiger charge is -2.27. The van der Waals surface area contributed by atoms with Crippen molar-refractivity contribution in [2.24, 2.45) is 0 Å². The van der Waals surface area contributed by atoms with Crippen LogP contribution in [0.3, 0.4) is 0 Å². The predicted octanol–water partition coefficient (Wildman–Crippen LogP) is 2.54. The smallest absolute Gasteiger partial charge is 0.326 e. The minimum Gasteiger partial charge on any atom is -0.326 e. The molecule has 100 valence electrons. The molecule has 4 nitrogen and oxygen atoms in total. The van der Waals surface area contributed by atoms with Crippen molar-refractivity contribution in [1.29, 1.82) is 0 Å². The Morgan fingerprint density at radius 3 is 2.39 bits per heavy atom. The molecule has 0 spiro atoms. The molecule has 0 aliphatic rings. The quantitative estimate of drug-likeness (QED) is 0.855. The summed E-state index contributed by atoms with van der Waals surface area (Å²) in [6.45, 7) is 1.66. The molecule has 0 aromatic carbocycles. The highest BCUT2D eigenvalue weighted by Gasteiger charge is 2.35. The first-order valence-electron chi connectivity index (χ1n) is 5.07. The van der Waals surface area contributed by atoms with E-state index in [-0.39, 0.29) is 10.8 Å². The molecule has 1 rings (SSSR count). The summed E-state index contributed by atoms with van der Waals surface area (Å²) in [7, 11) is 0. The second-order valence-electron chi connectivity index (χ2n) is 3.88. The number of alkyl halides is 3. The minimum atomic E-state index is -4.46. The fourth-order valence-electron chi connectivity index (χ4n) is 1.26. The van der Waals surface area contributed by atoms with Crippen molar-refractivity contribution in [3.8, 4) is 0 Å². The van der Waals surface area contributed by atoms with Gasteiger partial charge in [0.2, 0.25) is 0 Å². The molecule has 0 radical (unpaired) electrons. The molecule has 1 amide bonds. The van der Waals surface area contributed by atoms with Crippen LogP contribution in [0.2, 0.25) is 5.15 Å². The first-order chi connectivity index (χ1) is 8.20. The lowest BCUT2D eigenvalue weighted by Crippen LogP contribution is -2.43. The molecule has 0 atom stereocenters. The van der Waals surface area contributed by atoms with Crippen LogP contribution in [0.25, 0.3) is 0 Å². The molecule has 1 aromatic rings. The fourth-order valence-corrected chi connectivity index (χ4v) is 1.36. The molecule has 8 heteroatoms. The third kappa shape index (κ3) is 4.14. The maximum atomic E-state index is 12.4. The van der Waals surface area contributed by atoms with E-state index in [9.17, 15) is 18.0 Å². The molecule has 0 saturated heterocycles. The zero-order valence-electron chi connectivity index (χ0n) is 9.70. The van der Waals surface area contributed by atoms with Crippen LogP contribution in [0.5, 0.6) is 0 Å². The second-order valence-corrected chi connectivity index (χ2v) is 4.27. The summed E-state index contributed by atoms with van der Waals surface area (Å²) in [5.74, 6) is -0.827. The Bertz CT molecular complexity index is 419. The maximum Gasteiger partial charge on any atom is 0.406 e. The zero-order valence-corrected chi connectivity index (χ0v) is 10.5. The standard InChI is InChI=1S/C10H11ClF3N3O/c1-6(2)17(5-10(12,13)14)9(18)7-3-4-8(11)16-15-7/h3-4,6H,5H2,1-2H3. The van der Waals surface area contributed by atoms with Crippen molar-refractivity contribution in [2.45, 2.75) is 26.1 Å². The van der Waals surface area contributed by atoms with Gasteiger partial charge >= 0.3 is 6.18 Å². The molecule has 1 aromatic heterocycles. The Labute approximate surface area is 107 Å². The number of carbonyl (C=O) groups excluding carboxylic acids is 1. The molecule has 0 unspecified atom stereocenters. The van der Waals surface area contributed by atoms with Gasteiger partial charge < -0.3 is 4.90 Å². The van der Waals surface area contributed by atoms with Crippen molar-refractivity contribution < 1.29 is 18.0 Å². The summed E-state index contributed by atoms with van der Waals surface area (Å²) in [5.41, 5.74) is -0.169. The van der Waals surface area contributed by atoms with Gasteiger partial charge in [0, 0.05) is 6.04 Å². The van der Waals surface area contributed by atoms with Crippen molar-refractivity contribution >= 4 is 17.5 Å². The number of hydrogen-bond donors (Lipinski definition) is 0. The third-order valence-corrected chi connectivity index (χ3v) is 2.29. The van der Waals surface area contributed by atoms with Crippen LogP contribution >= 0.6 is 11.6 Å². The average Bonchev–Trinajstić information content (AvgIpc) is 2.24. The van der Waals surface area contributed by atoms with E-state index < -0.39 is 24.7 Å². The van der Waals surface area contributed by atoms with E-state index >= 15 is 0 Å². The molecular weight excluding hydrogens is 271 g/mol. The van der Waals surface area contributed by atoms with Gasteiger partial charge in [-0.15, -0.1) is 10.2 Å². The van der Waals surface area contributed by atoms with E-state index in [1.165, 1.54) is 26.0 Å². The summed E-state index contributed by atoms with van der Waals surface area (Å²) in [4.78, 5) is 12.5. The van der Waals surface area contributed by atoms with Crippen molar-refractivity contribution in [2.75, 3.05) is 6.54 Å². The first-order valence-corrected chi connectivity index (χ1v) is 5.45. The normalized spacial score (nSPS) is 11.7. The monoisotopic (exact) mass is 281 g/mol. The predicted molar refractivity (Wildman–Crippen MR) is 59.3 cm³/mol. The number of rotatable bonds is 3. The molecule has 0 bridgehead atoms. The van der Waals surface area contributed by atoms with Crippen LogP contribution in [0.4, 0.5) is 13.2 Å². The van der Waals surface area contributed by atoms with Gasteiger partial charge in [-0.25, -0.2) is 0 Å². The highest BCUT2D eigenvalue weighted by atomic mass is 35.5. The highest BCUT2D eigenvalue weighted by molar-refractivity contribution is 6.29. The Kier molecular flexibility index (Phi) is 4.50. The topological polar surface area (TPSA) is 46.1 Å². The van der Waals surface area contributed by atoms with Crippen molar-refractivity contribution in [3.05, 3.63) is 23.0 Å². The van der Waals surface area contributed by atoms with Crippen LogP contribution < -0.4 is 0 Å². The van der Waals surface area contributed by atoms with Crippen LogP contribution in [0.1, 0.15) is 24.3 Å². The van der Waals surface area contributed by atoms with Gasteiger partial charge in [0.1, 0.15) is 6.54 Å². The zero-order chi connectivity index (χ0) is 13.9. The number of nitrogens with zero attached hydrogens (tertiary/aromatic N) is 3. The summed E-state index contributed by atoms with van der Waals surface area (Å²) in [5, 5.41) is 6.96. The largest absolute Gasteiger partial charge is 0.406 e. The molecule has 0 fully saturated rings. The Morgan fingerprint density at radius 1 is 1.39 bits per heavy atom. The van der Waals surface area contributed by atoms with Gasteiger partial charge in [-0.05, 0) is 26.0 Å². The van der Waals surface area contributed by atoms with Crippen molar-refractivity contribution in [3.63, 3.8) is 0 Å². The molecule has 0 aliphatic heterocycles. The summed E-state index contributed by atoms with van der Waals surface area (Å²) in [6, 6.07) is 1.94. The molecule has 0 aliphatic carbocycles. The summed E-state index contributed by atoms with van der Waals surface area (Å²) < 4.78 is 37.1. The van der Waals surface area contributed by atoms with Crippen LogP contribution in [0, 0.1) is 0 Å². The number of hydrogen-bond acceptors (Lipinski definition) is 3. The first kappa shape index (κ1) is 14.7. The van der Waals surface area contributed by atoms with Crippen LogP contribution in [-0.4, -0.2) is 39.8 Å². The van der Waals surface area contributed by atoms with Crippen LogP contribution in [-0.2, 0) is 0 Å². The lowest BCUT2D eigenvalue weighted by atomic mass is 10.2. The molecule has 0 saturated carbocycles. The average molecular weight is 282 g/mol. The van der Waals surface area contributed by atoms with E-state index in [0.717, 1.165) is 0 Å². The van der Waals surface area contributed by atoms with Gasteiger partial charge in [0.05, 0.1) is 0 Å². The van der Waals surface area contributed by atoms with Gasteiger partial charge in [0.15, 0.2) is 10.8 Å². The lowest BCUT2D eigenvalue weighted by molar-refractivity contribution is -0.143. The van der Waals surface area contributed by atoms with Crippen molar-refractivity contribution in [1.82, 2.24) is 15.1 Å². The summed E-state index contributed by atoms with van der Waals surface area (Å²) >= 11 is 5.49. The van der Waals surface area contributed by atoms with Gasteiger partial charge in [0.25, 0.3) is 5.91 Å². The molecule has 18 heavy (non-hydrogen) atoms. The van der Waals surface area contributed by atoms with E-state index in [0.29, 0.717) is 4.90 Å². The van der Waals surface area contributed by atoms with Gasteiger partial charge in [-0.3, -0.25) is 4.79 Å². The van der Waals surface area contributed by atoms with E-state index in [4.69, 9.17) is 11.6 Å². The van der Waals surface area contributed by atoms with E-state index in [2.05, 4.69) is 10.2 Å². The minimum absolute atomic E-state index is 0.0680.